The molecule has 2 N–H and O–H groups in total. The Bertz CT molecular complexity index is 660. The molecule has 0 radical (unpaired) electrons. The van der Waals surface area contributed by atoms with Crippen molar-refractivity contribution >= 4 is 27.6 Å². The molecule has 0 aliphatic rings. The fraction of sp³-hybridized carbons (Fsp3) is 0.588. The maximum absolute atomic E-state index is 12.2. The smallest absolute Gasteiger partial charge is 0.215 e. The lowest BCUT2D eigenvalue weighted by Crippen LogP contribution is -2.39. The molecule has 0 saturated carbocycles. The molecule has 1 unspecified atom stereocenters. The first-order valence-corrected chi connectivity index (χ1v) is 10.6. The molecule has 0 bridgehead atoms. The fourth-order valence-corrected chi connectivity index (χ4v) is 3.97. The third-order valence-electron chi connectivity index (χ3n) is 3.76. The highest BCUT2D eigenvalue weighted by Crippen LogP contribution is 2.17. The van der Waals surface area contributed by atoms with Gasteiger partial charge in [0.2, 0.25) is 10.0 Å². The summed E-state index contributed by atoms with van der Waals surface area (Å²) >= 11 is 6.03. The molecule has 1 rings (SSSR count). The highest BCUT2D eigenvalue weighted by molar-refractivity contribution is 7.89. The minimum atomic E-state index is -3.27. The molecule has 0 amide bonds. The van der Waals surface area contributed by atoms with Crippen LogP contribution in [0.4, 0.5) is 0 Å². The van der Waals surface area contributed by atoms with E-state index in [1.54, 1.807) is 0 Å². The molecule has 0 aliphatic carbocycles. The van der Waals surface area contributed by atoms with Gasteiger partial charge in [0.15, 0.2) is 5.96 Å². The Morgan fingerprint density at radius 1 is 1.28 bits per heavy atom. The summed E-state index contributed by atoms with van der Waals surface area (Å²) in [4.78, 5) is 4.39. The number of benzene rings is 1. The number of hydrogen-bond acceptors (Lipinski definition) is 3. The van der Waals surface area contributed by atoms with Crippen molar-refractivity contribution in [1.29, 1.82) is 0 Å². The second-order valence-corrected chi connectivity index (χ2v) is 8.11. The van der Waals surface area contributed by atoms with E-state index >= 15 is 0 Å². The van der Waals surface area contributed by atoms with Gasteiger partial charge in [-0.2, -0.15) is 0 Å². The van der Waals surface area contributed by atoms with E-state index in [1.807, 2.05) is 52.0 Å². The number of hydrogen-bond donors (Lipinski definition) is 2. The lowest BCUT2D eigenvalue weighted by atomic mass is 10.1. The summed E-state index contributed by atoms with van der Waals surface area (Å²) in [5, 5.41) is 7.09. The van der Waals surface area contributed by atoms with E-state index in [4.69, 9.17) is 11.6 Å². The number of guanidine groups is 1. The van der Waals surface area contributed by atoms with Gasteiger partial charge in [-0.1, -0.05) is 37.6 Å². The molecule has 1 aromatic carbocycles. The maximum atomic E-state index is 12.2. The molecule has 1 atom stereocenters. The SMILES string of the molecule is CCNC(=NCCS(=O)(=O)N(CC)CC)NC(C)c1cccc(Cl)c1. The highest BCUT2D eigenvalue weighted by atomic mass is 35.5. The van der Waals surface area contributed by atoms with Crippen molar-refractivity contribution in [2.45, 2.75) is 33.7 Å². The van der Waals surface area contributed by atoms with Crippen LogP contribution < -0.4 is 10.6 Å². The second kappa shape index (κ2) is 10.6. The quantitative estimate of drug-likeness (QED) is 0.503. The van der Waals surface area contributed by atoms with Crippen molar-refractivity contribution in [3.8, 4) is 0 Å². The number of halogens is 1. The minimum absolute atomic E-state index is 0.00317. The van der Waals surface area contributed by atoms with Gasteiger partial charge < -0.3 is 10.6 Å². The average molecular weight is 389 g/mol. The van der Waals surface area contributed by atoms with Crippen LogP contribution in [0, 0.1) is 0 Å². The van der Waals surface area contributed by atoms with Gasteiger partial charge in [0, 0.05) is 24.7 Å². The van der Waals surface area contributed by atoms with Crippen molar-refractivity contribution in [1.82, 2.24) is 14.9 Å². The Morgan fingerprint density at radius 2 is 1.96 bits per heavy atom. The van der Waals surface area contributed by atoms with Gasteiger partial charge in [0.05, 0.1) is 18.3 Å². The first-order valence-electron chi connectivity index (χ1n) is 8.62. The Kier molecular flexibility index (Phi) is 9.24. The summed E-state index contributed by atoms with van der Waals surface area (Å²) in [5.74, 6) is 0.585. The normalized spacial score (nSPS) is 13.8. The predicted octanol–water partition coefficient (Wildman–Crippen LogP) is 2.63. The molecular formula is C17H29ClN4O2S. The van der Waals surface area contributed by atoms with Crippen molar-refractivity contribution in [3.63, 3.8) is 0 Å². The molecule has 1 aromatic rings. The highest BCUT2D eigenvalue weighted by Gasteiger charge is 2.18. The van der Waals surface area contributed by atoms with Crippen molar-refractivity contribution in [2.75, 3.05) is 31.9 Å². The molecule has 142 valence electrons. The number of nitrogens with one attached hydrogen (secondary N) is 2. The van der Waals surface area contributed by atoms with Crippen molar-refractivity contribution < 1.29 is 8.42 Å². The standard InChI is InChI=1S/C17H29ClN4O2S/c1-5-19-17(20-11-12-25(23,24)22(6-2)7-3)21-14(4)15-9-8-10-16(18)13-15/h8-10,13-14H,5-7,11-12H2,1-4H3,(H2,19,20,21). The summed E-state index contributed by atoms with van der Waals surface area (Å²) in [7, 11) is -3.27. The molecule has 6 nitrogen and oxygen atoms in total. The molecule has 0 aromatic heterocycles. The Labute approximate surface area is 156 Å². The molecule has 8 heteroatoms. The molecular weight excluding hydrogens is 360 g/mol. The van der Waals surface area contributed by atoms with Crippen LogP contribution in [-0.2, 0) is 10.0 Å². The summed E-state index contributed by atoms with van der Waals surface area (Å²) in [6, 6.07) is 7.60. The Morgan fingerprint density at radius 3 is 2.52 bits per heavy atom. The molecule has 0 fully saturated rings. The third kappa shape index (κ3) is 7.22. The zero-order valence-corrected chi connectivity index (χ0v) is 17.0. The van der Waals surface area contributed by atoms with E-state index in [1.165, 1.54) is 4.31 Å². The van der Waals surface area contributed by atoms with Gasteiger partial charge in [0.1, 0.15) is 0 Å². The van der Waals surface area contributed by atoms with E-state index in [0.717, 1.165) is 5.56 Å². The van der Waals surface area contributed by atoms with Crippen LogP contribution in [0.5, 0.6) is 0 Å². The number of rotatable bonds is 9. The molecule has 0 aliphatic heterocycles. The van der Waals surface area contributed by atoms with Crippen LogP contribution in [0.15, 0.2) is 29.3 Å². The zero-order chi connectivity index (χ0) is 18.9. The average Bonchev–Trinajstić information content (AvgIpc) is 2.55. The molecule has 25 heavy (non-hydrogen) atoms. The monoisotopic (exact) mass is 388 g/mol. The third-order valence-corrected chi connectivity index (χ3v) is 6.00. The first-order chi connectivity index (χ1) is 11.8. The fourth-order valence-electron chi connectivity index (χ4n) is 2.40. The van der Waals surface area contributed by atoms with E-state index < -0.39 is 10.0 Å². The number of nitrogens with zero attached hydrogens (tertiary/aromatic N) is 2. The maximum Gasteiger partial charge on any atom is 0.215 e. The summed E-state index contributed by atoms with van der Waals surface area (Å²) in [6.07, 6.45) is 0. The number of aliphatic imine (C=N–C) groups is 1. The van der Waals surface area contributed by atoms with Gasteiger partial charge in [0.25, 0.3) is 0 Å². The van der Waals surface area contributed by atoms with Gasteiger partial charge in [-0.25, -0.2) is 12.7 Å². The van der Waals surface area contributed by atoms with E-state index in [2.05, 4.69) is 15.6 Å². The van der Waals surface area contributed by atoms with Crippen LogP contribution in [0.25, 0.3) is 0 Å². The minimum Gasteiger partial charge on any atom is -0.357 e. The zero-order valence-electron chi connectivity index (χ0n) is 15.4. The largest absolute Gasteiger partial charge is 0.357 e. The molecule has 0 heterocycles. The van der Waals surface area contributed by atoms with Crippen LogP contribution in [0.2, 0.25) is 5.02 Å². The Balaban J connectivity index is 2.74. The van der Waals surface area contributed by atoms with Crippen LogP contribution in [0.3, 0.4) is 0 Å². The van der Waals surface area contributed by atoms with E-state index in [9.17, 15) is 8.42 Å². The summed E-state index contributed by atoms with van der Waals surface area (Å²) in [5.41, 5.74) is 1.04. The van der Waals surface area contributed by atoms with Gasteiger partial charge >= 0.3 is 0 Å². The van der Waals surface area contributed by atoms with Crippen molar-refractivity contribution in [3.05, 3.63) is 34.9 Å². The van der Waals surface area contributed by atoms with Crippen LogP contribution >= 0.6 is 11.6 Å². The van der Waals surface area contributed by atoms with Gasteiger partial charge in [-0.15, -0.1) is 0 Å². The van der Waals surface area contributed by atoms with Crippen LogP contribution in [-0.4, -0.2) is 50.6 Å². The Hall–Kier alpha value is -1.31. The molecule has 0 spiro atoms. The second-order valence-electron chi connectivity index (χ2n) is 5.58. The van der Waals surface area contributed by atoms with Gasteiger partial charge in [-0.3, -0.25) is 4.99 Å². The lowest BCUT2D eigenvalue weighted by Gasteiger charge is -2.19. The van der Waals surface area contributed by atoms with E-state index in [-0.39, 0.29) is 18.3 Å². The lowest BCUT2D eigenvalue weighted by molar-refractivity contribution is 0.445. The van der Waals surface area contributed by atoms with Gasteiger partial charge in [-0.05, 0) is 31.5 Å². The summed E-state index contributed by atoms with van der Waals surface area (Å²) in [6.45, 7) is 9.50. The first kappa shape index (κ1) is 21.7. The number of sulfonamides is 1. The topological polar surface area (TPSA) is 73.8 Å². The molecule has 0 saturated heterocycles. The van der Waals surface area contributed by atoms with E-state index in [0.29, 0.717) is 30.6 Å². The van der Waals surface area contributed by atoms with Crippen LogP contribution in [0.1, 0.15) is 39.3 Å². The van der Waals surface area contributed by atoms with Crippen molar-refractivity contribution in [2.24, 2.45) is 4.99 Å². The predicted molar refractivity (Wildman–Crippen MR) is 106 cm³/mol. The summed E-state index contributed by atoms with van der Waals surface area (Å²) < 4.78 is 25.9.